The quantitative estimate of drug-likeness (QED) is 0.831. The van der Waals surface area contributed by atoms with E-state index in [1.54, 1.807) is 18.3 Å². The standard InChI is InChI=1S/C16H15BrN2O3/c17-14-9-13(22-15(14)19-7-1-2-8-19)10-18-12-5-3-11(4-6-12)16(20)21/h3-6,9-10H,1-2,7-8H2,(H,20,21). The zero-order valence-electron chi connectivity index (χ0n) is 11.8. The Kier molecular flexibility index (Phi) is 4.29. The first-order valence-corrected chi connectivity index (χ1v) is 7.84. The third-order valence-electron chi connectivity index (χ3n) is 3.54. The average Bonchev–Trinajstić information content (AvgIpc) is 3.14. The lowest BCUT2D eigenvalue weighted by molar-refractivity contribution is 0.0697. The van der Waals surface area contributed by atoms with Gasteiger partial charge >= 0.3 is 5.97 Å². The van der Waals surface area contributed by atoms with Gasteiger partial charge in [0.25, 0.3) is 0 Å². The molecule has 1 aromatic carbocycles. The van der Waals surface area contributed by atoms with Crippen molar-refractivity contribution in [2.45, 2.75) is 12.8 Å². The van der Waals surface area contributed by atoms with Gasteiger partial charge in [-0.15, -0.1) is 0 Å². The molecule has 5 nitrogen and oxygen atoms in total. The minimum absolute atomic E-state index is 0.246. The lowest BCUT2D eigenvalue weighted by atomic mass is 10.2. The molecule has 2 heterocycles. The lowest BCUT2D eigenvalue weighted by Gasteiger charge is -2.13. The molecular weight excluding hydrogens is 348 g/mol. The van der Waals surface area contributed by atoms with Gasteiger partial charge in [0, 0.05) is 19.2 Å². The molecule has 0 saturated carbocycles. The molecule has 3 rings (SSSR count). The summed E-state index contributed by atoms with van der Waals surface area (Å²) in [4.78, 5) is 17.3. The molecule has 0 unspecified atom stereocenters. The normalized spacial score (nSPS) is 14.9. The summed E-state index contributed by atoms with van der Waals surface area (Å²) in [6.45, 7) is 2.03. The van der Waals surface area contributed by atoms with Crippen molar-refractivity contribution in [2.24, 2.45) is 4.99 Å². The van der Waals surface area contributed by atoms with E-state index in [2.05, 4.69) is 25.8 Å². The van der Waals surface area contributed by atoms with Crippen molar-refractivity contribution < 1.29 is 14.3 Å². The molecule has 1 aliphatic heterocycles. The summed E-state index contributed by atoms with van der Waals surface area (Å²) in [5, 5.41) is 8.86. The van der Waals surface area contributed by atoms with E-state index in [0.29, 0.717) is 11.4 Å². The van der Waals surface area contributed by atoms with Gasteiger partial charge < -0.3 is 14.4 Å². The average molecular weight is 363 g/mol. The van der Waals surface area contributed by atoms with Gasteiger partial charge in [-0.3, -0.25) is 4.99 Å². The molecule has 1 N–H and O–H groups in total. The highest BCUT2D eigenvalue weighted by atomic mass is 79.9. The highest BCUT2D eigenvalue weighted by Gasteiger charge is 2.19. The number of carboxylic acid groups (broad SMARTS) is 1. The van der Waals surface area contributed by atoms with Crippen LogP contribution in [0.3, 0.4) is 0 Å². The van der Waals surface area contributed by atoms with E-state index in [4.69, 9.17) is 9.52 Å². The zero-order chi connectivity index (χ0) is 15.5. The molecule has 1 fully saturated rings. The predicted octanol–water partition coefficient (Wildman–Crippen LogP) is 4.09. The van der Waals surface area contributed by atoms with Crippen LogP contribution < -0.4 is 4.90 Å². The van der Waals surface area contributed by atoms with Gasteiger partial charge in [-0.05, 0) is 53.0 Å². The number of carbonyl (C=O) groups is 1. The zero-order valence-corrected chi connectivity index (χ0v) is 13.4. The molecular formula is C16H15BrN2O3. The number of halogens is 1. The first-order valence-electron chi connectivity index (χ1n) is 7.05. The van der Waals surface area contributed by atoms with Crippen molar-refractivity contribution in [3.8, 4) is 0 Å². The molecule has 0 radical (unpaired) electrons. The van der Waals surface area contributed by atoms with Gasteiger partial charge in [0.2, 0.25) is 5.88 Å². The maximum Gasteiger partial charge on any atom is 0.335 e. The number of rotatable bonds is 4. The number of hydrogen-bond donors (Lipinski definition) is 1. The van der Waals surface area contributed by atoms with Crippen molar-refractivity contribution >= 4 is 39.7 Å². The Bertz CT molecular complexity index is 701. The Morgan fingerprint density at radius 3 is 2.59 bits per heavy atom. The van der Waals surface area contributed by atoms with Crippen LogP contribution in [0.1, 0.15) is 29.0 Å². The summed E-state index contributed by atoms with van der Waals surface area (Å²) in [6.07, 6.45) is 4.01. The number of anilines is 1. The summed E-state index contributed by atoms with van der Waals surface area (Å²) in [5.74, 6) is 0.567. The number of nitrogens with zero attached hydrogens (tertiary/aromatic N) is 2. The number of carboxylic acids is 1. The highest BCUT2D eigenvalue weighted by Crippen LogP contribution is 2.32. The fourth-order valence-corrected chi connectivity index (χ4v) is 2.96. The van der Waals surface area contributed by atoms with Crippen LogP contribution in [-0.4, -0.2) is 30.4 Å². The third-order valence-corrected chi connectivity index (χ3v) is 4.10. The molecule has 0 bridgehead atoms. The van der Waals surface area contributed by atoms with E-state index in [0.717, 1.165) is 23.4 Å². The minimum atomic E-state index is -0.944. The Balaban J connectivity index is 1.74. The number of aliphatic imine (C=N–C) groups is 1. The van der Waals surface area contributed by atoms with E-state index in [1.165, 1.54) is 25.0 Å². The van der Waals surface area contributed by atoms with Crippen LogP contribution in [0, 0.1) is 0 Å². The molecule has 114 valence electrons. The van der Waals surface area contributed by atoms with E-state index >= 15 is 0 Å². The van der Waals surface area contributed by atoms with Crippen LogP contribution in [0.5, 0.6) is 0 Å². The summed E-state index contributed by atoms with van der Waals surface area (Å²) in [7, 11) is 0. The molecule has 0 atom stereocenters. The first-order chi connectivity index (χ1) is 10.6. The largest absolute Gasteiger partial charge is 0.478 e. The number of aromatic carboxylic acids is 1. The predicted molar refractivity (Wildman–Crippen MR) is 88.5 cm³/mol. The summed E-state index contributed by atoms with van der Waals surface area (Å²) >= 11 is 3.52. The summed E-state index contributed by atoms with van der Waals surface area (Å²) < 4.78 is 6.75. The van der Waals surface area contributed by atoms with Gasteiger partial charge in [-0.25, -0.2) is 4.79 Å². The van der Waals surface area contributed by atoms with Crippen molar-refractivity contribution in [1.29, 1.82) is 0 Å². The maximum atomic E-state index is 10.8. The summed E-state index contributed by atoms with van der Waals surface area (Å²) in [6, 6.07) is 8.28. The van der Waals surface area contributed by atoms with Crippen LogP contribution >= 0.6 is 15.9 Å². The van der Waals surface area contributed by atoms with Crippen LogP contribution in [0.25, 0.3) is 0 Å². The Morgan fingerprint density at radius 1 is 1.27 bits per heavy atom. The van der Waals surface area contributed by atoms with Gasteiger partial charge in [-0.2, -0.15) is 0 Å². The topological polar surface area (TPSA) is 66.0 Å². The van der Waals surface area contributed by atoms with Crippen LogP contribution in [0.4, 0.5) is 11.6 Å². The van der Waals surface area contributed by atoms with E-state index in [9.17, 15) is 4.79 Å². The highest BCUT2D eigenvalue weighted by molar-refractivity contribution is 9.10. The fraction of sp³-hybridized carbons (Fsp3) is 0.250. The maximum absolute atomic E-state index is 10.8. The molecule has 1 aromatic heterocycles. The molecule has 0 amide bonds. The monoisotopic (exact) mass is 362 g/mol. The SMILES string of the molecule is O=C(O)c1ccc(N=Cc2cc(Br)c(N3CCCC3)o2)cc1. The van der Waals surface area contributed by atoms with Gasteiger partial charge in [0.1, 0.15) is 5.76 Å². The van der Waals surface area contributed by atoms with Crippen molar-refractivity contribution in [1.82, 2.24) is 0 Å². The van der Waals surface area contributed by atoms with E-state index in [-0.39, 0.29) is 5.56 Å². The fourth-order valence-electron chi connectivity index (χ4n) is 2.40. The van der Waals surface area contributed by atoms with Gasteiger partial charge in [0.05, 0.1) is 21.9 Å². The number of furan rings is 1. The van der Waals surface area contributed by atoms with Crippen molar-refractivity contribution in [2.75, 3.05) is 18.0 Å². The molecule has 0 spiro atoms. The lowest BCUT2D eigenvalue weighted by Crippen LogP contribution is -2.17. The van der Waals surface area contributed by atoms with Crippen molar-refractivity contribution in [3.63, 3.8) is 0 Å². The second-order valence-corrected chi connectivity index (χ2v) is 5.96. The second-order valence-electron chi connectivity index (χ2n) is 5.11. The molecule has 1 saturated heterocycles. The van der Waals surface area contributed by atoms with E-state index < -0.39 is 5.97 Å². The third kappa shape index (κ3) is 3.22. The minimum Gasteiger partial charge on any atom is -0.478 e. The number of hydrogen-bond acceptors (Lipinski definition) is 4. The van der Waals surface area contributed by atoms with Crippen molar-refractivity contribution in [3.05, 3.63) is 46.1 Å². The van der Waals surface area contributed by atoms with Gasteiger partial charge in [-0.1, -0.05) is 0 Å². The Hall–Kier alpha value is -2.08. The summed E-state index contributed by atoms with van der Waals surface area (Å²) in [5.41, 5.74) is 0.927. The Morgan fingerprint density at radius 2 is 1.95 bits per heavy atom. The first kappa shape index (κ1) is 14.8. The molecule has 1 aliphatic rings. The molecule has 22 heavy (non-hydrogen) atoms. The van der Waals surface area contributed by atoms with Crippen LogP contribution in [0.2, 0.25) is 0 Å². The van der Waals surface area contributed by atoms with E-state index in [1.807, 2.05) is 6.07 Å². The van der Waals surface area contributed by atoms with Crippen LogP contribution in [-0.2, 0) is 0 Å². The molecule has 6 heteroatoms. The molecule has 2 aromatic rings. The van der Waals surface area contributed by atoms with Gasteiger partial charge in [0.15, 0.2) is 0 Å². The number of benzene rings is 1. The second kappa shape index (κ2) is 6.36. The smallest absolute Gasteiger partial charge is 0.335 e. The van der Waals surface area contributed by atoms with Crippen LogP contribution in [0.15, 0.2) is 44.2 Å². The Labute approximate surface area is 136 Å². The molecule has 0 aliphatic carbocycles.